The van der Waals surface area contributed by atoms with E-state index >= 15 is 0 Å². The first-order valence-electron chi connectivity index (χ1n) is 9.57. The molecule has 1 N–H and O–H groups in total. The van der Waals surface area contributed by atoms with E-state index in [-0.39, 0.29) is 11.5 Å². The Morgan fingerprint density at radius 1 is 1.21 bits per heavy atom. The Balaban J connectivity index is 2.03. The Morgan fingerprint density at radius 2 is 2.00 bits per heavy atom. The van der Waals surface area contributed by atoms with Gasteiger partial charge in [0.05, 0.1) is 6.61 Å². The zero-order valence-corrected chi connectivity index (χ0v) is 17.0. The molecule has 1 heterocycles. The van der Waals surface area contributed by atoms with Gasteiger partial charge < -0.3 is 14.6 Å². The summed E-state index contributed by atoms with van der Waals surface area (Å²) >= 11 is 0. The van der Waals surface area contributed by atoms with Crippen LogP contribution in [0.2, 0.25) is 0 Å². The second kappa shape index (κ2) is 9.22. The van der Waals surface area contributed by atoms with E-state index in [2.05, 4.69) is 47.1 Å². The molecular formula is C24H25N3O2. The van der Waals surface area contributed by atoms with Crippen LogP contribution in [0.5, 0.6) is 0 Å². The van der Waals surface area contributed by atoms with E-state index in [1.165, 1.54) is 11.1 Å². The Hall–Kier alpha value is -3.36. The largest absolute Gasteiger partial charge is 0.383 e. The Morgan fingerprint density at radius 3 is 2.72 bits per heavy atom. The van der Waals surface area contributed by atoms with E-state index in [1.54, 1.807) is 13.2 Å². The first-order valence-corrected chi connectivity index (χ1v) is 9.57. The molecule has 1 aromatic heterocycles. The maximum absolute atomic E-state index is 12.4. The standard InChI is InChI=1S/C24H25N3O2/c1-17-7-6-8-19(13-17)16-27-18(2)22(21-9-4-5-10-23(21)27)14-20(15-25)24(28)26-11-12-29-3/h4-10,13-14H,11-12,16H2,1-3H3,(H,26,28)/b20-14+. The number of rotatable bonds is 7. The Bertz CT molecular complexity index is 1100. The van der Waals surface area contributed by atoms with E-state index in [0.29, 0.717) is 13.2 Å². The number of methoxy groups -OCH3 is 1. The normalized spacial score (nSPS) is 11.4. The van der Waals surface area contributed by atoms with Crippen molar-refractivity contribution in [1.82, 2.24) is 9.88 Å². The molecule has 2 aromatic carbocycles. The highest BCUT2D eigenvalue weighted by atomic mass is 16.5. The zero-order valence-electron chi connectivity index (χ0n) is 17.0. The third kappa shape index (κ3) is 4.56. The molecule has 3 rings (SSSR count). The van der Waals surface area contributed by atoms with Gasteiger partial charge in [-0.05, 0) is 31.6 Å². The van der Waals surface area contributed by atoms with E-state index in [1.807, 2.05) is 31.2 Å². The minimum absolute atomic E-state index is 0.0858. The van der Waals surface area contributed by atoms with Gasteiger partial charge in [0.15, 0.2) is 0 Å². The minimum Gasteiger partial charge on any atom is -0.383 e. The zero-order chi connectivity index (χ0) is 20.8. The highest BCUT2D eigenvalue weighted by Crippen LogP contribution is 2.29. The minimum atomic E-state index is -0.389. The molecule has 0 aliphatic rings. The van der Waals surface area contributed by atoms with Gasteiger partial charge in [-0.1, -0.05) is 48.0 Å². The lowest BCUT2D eigenvalue weighted by Crippen LogP contribution is -2.27. The molecule has 0 aliphatic carbocycles. The quantitative estimate of drug-likeness (QED) is 0.379. The number of carbonyl (C=O) groups is 1. The topological polar surface area (TPSA) is 67.0 Å². The number of para-hydroxylation sites is 1. The van der Waals surface area contributed by atoms with Crippen molar-refractivity contribution in [1.29, 1.82) is 5.26 Å². The number of fused-ring (bicyclic) bond motifs is 1. The molecule has 0 atom stereocenters. The summed E-state index contributed by atoms with van der Waals surface area (Å²) < 4.78 is 7.18. The highest BCUT2D eigenvalue weighted by molar-refractivity contribution is 6.04. The van der Waals surface area contributed by atoms with Gasteiger partial charge >= 0.3 is 0 Å². The van der Waals surface area contributed by atoms with Crippen LogP contribution in [0.1, 0.15) is 22.4 Å². The summed E-state index contributed by atoms with van der Waals surface area (Å²) in [5.74, 6) is -0.389. The average molecular weight is 387 g/mol. The first kappa shape index (κ1) is 20.4. The van der Waals surface area contributed by atoms with Crippen molar-refractivity contribution in [3.63, 3.8) is 0 Å². The molecule has 0 saturated carbocycles. The molecule has 0 bridgehead atoms. The SMILES string of the molecule is COCCNC(=O)/C(C#N)=C/c1c(C)n(Cc2cccc(C)c2)c2ccccc12. The highest BCUT2D eigenvalue weighted by Gasteiger charge is 2.16. The average Bonchev–Trinajstić information content (AvgIpc) is 2.97. The number of hydrogen-bond donors (Lipinski definition) is 1. The Kier molecular flexibility index (Phi) is 6.48. The molecule has 0 fully saturated rings. The number of nitrogens with one attached hydrogen (secondary N) is 1. The molecule has 5 nitrogen and oxygen atoms in total. The molecular weight excluding hydrogens is 362 g/mol. The summed E-state index contributed by atoms with van der Waals surface area (Å²) in [4.78, 5) is 12.4. The summed E-state index contributed by atoms with van der Waals surface area (Å²) in [5, 5.41) is 13.3. The summed E-state index contributed by atoms with van der Waals surface area (Å²) in [7, 11) is 1.57. The monoisotopic (exact) mass is 387 g/mol. The number of nitriles is 1. The van der Waals surface area contributed by atoms with Crippen LogP contribution in [0.15, 0.2) is 54.1 Å². The first-order chi connectivity index (χ1) is 14.0. The number of amides is 1. The van der Waals surface area contributed by atoms with Gasteiger partial charge in [0.25, 0.3) is 5.91 Å². The fraction of sp³-hybridized carbons (Fsp3) is 0.250. The van der Waals surface area contributed by atoms with Crippen LogP contribution in [-0.2, 0) is 16.1 Å². The van der Waals surface area contributed by atoms with Crippen LogP contribution in [0.4, 0.5) is 0 Å². The third-order valence-corrected chi connectivity index (χ3v) is 4.95. The lowest BCUT2D eigenvalue weighted by molar-refractivity contribution is -0.117. The Labute approximate surface area is 171 Å². The predicted molar refractivity (Wildman–Crippen MR) is 115 cm³/mol. The number of carbonyl (C=O) groups excluding carboxylic acids is 1. The van der Waals surface area contributed by atoms with Gasteiger partial charge in [0.2, 0.25) is 0 Å². The lowest BCUT2D eigenvalue weighted by atomic mass is 10.1. The van der Waals surface area contributed by atoms with Gasteiger partial charge in [-0.3, -0.25) is 4.79 Å². The summed E-state index contributed by atoms with van der Waals surface area (Å²) in [6.45, 7) is 5.60. The molecule has 0 aliphatic heterocycles. The van der Waals surface area contributed by atoms with Crippen molar-refractivity contribution in [2.45, 2.75) is 20.4 Å². The number of aromatic nitrogens is 1. The maximum Gasteiger partial charge on any atom is 0.262 e. The van der Waals surface area contributed by atoms with Crippen molar-refractivity contribution in [3.8, 4) is 6.07 Å². The van der Waals surface area contributed by atoms with Crippen LogP contribution in [0, 0.1) is 25.2 Å². The number of nitrogens with zero attached hydrogens (tertiary/aromatic N) is 2. The smallest absolute Gasteiger partial charge is 0.262 e. The van der Waals surface area contributed by atoms with Gasteiger partial charge in [-0.2, -0.15) is 5.26 Å². The van der Waals surface area contributed by atoms with E-state index in [4.69, 9.17) is 4.74 Å². The lowest BCUT2D eigenvalue weighted by Gasteiger charge is -2.09. The van der Waals surface area contributed by atoms with Crippen LogP contribution < -0.4 is 5.32 Å². The molecule has 0 radical (unpaired) electrons. The van der Waals surface area contributed by atoms with Gasteiger partial charge in [-0.15, -0.1) is 0 Å². The predicted octanol–water partition coefficient (Wildman–Crippen LogP) is 3.98. The van der Waals surface area contributed by atoms with E-state index in [0.717, 1.165) is 28.7 Å². The van der Waals surface area contributed by atoms with E-state index < -0.39 is 0 Å². The summed E-state index contributed by atoms with van der Waals surface area (Å²) in [5.41, 5.74) is 5.51. The molecule has 3 aromatic rings. The van der Waals surface area contributed by atoms with Crippen molar-refractivity contribution >= 4 is 22.9 Å². The van der Waals surface area contributed by atoms with Crippen molar-refractivity contribution < 1.29 is 9.53 Å². The van der Waals surface area contributed by atoms with E-state index in [9.17, 15) is 10.1 Å². The third-order valence-electron chi connectivity index (χ3n) is 4.95. The number of aryl methyl sites for hydroxylation is 1. The fourth-order valence-corrected chi connectivity index (χ4v) is 3.49. The second-order valence-corrected chi connectivity index (χ2v) is 7.01. The van der Waals surface area contributed by atoms with Crippen LogP contribution in [-0.4, -0.2) is 30.7 Å². The molecule has 0 spiro atoms. The second-order valence-electron chi connectivity index (χ2n) is 7.01. The molecule has 1 amide bonds. The van der Waals surface area contributed by atoms with Crippen LogP contribution in [0.25, 0.3) is 17.0 Å². The molecule has 0 unspecified atom stereocenters. The van der Waals surface area contributed by atoms with Crippen molar-refractivity contribution in [3.05, 3.63) is 76.5 Å². The van der Waals surface area contributed by atoms with Crippen LogP contribution >= 0.6 is 0 Å². The maximum atomic E-state index is 12.4. The summed E-state index contributed by atoms with van der Waals surface area (Å²) in [6, 6.07) is 18.5. The van der Waals surface area contributed by atoms with Crippen molar-refractivity contribution in [2.75, 3.05) is 20.3 Å². The fourth-order valence-electron chi connectivity index (χ4n) is 3.49. The number of benzene rings is 2. The number of hydrogen-bond acceptors (Lipinski definition) is 3. The molecule has 5 heteroatoms. The van der Waals surface area contributed by atoms with Crippen LogP contribution in [0.3, 0.4) is 0 Å². The molecule has 29 heavy (non-hydrogen) atoms. The molecule has 148 valence electrons. The van der Waals surface area contributed by atoms with Crippen molar-refractivity contribution in [2.24, 2.45) is 0 Å². The number of ether oxygens (including phenoxy) is 1. The van der Waals surface area contributed by atoms with Gasteiger partial charge in [0, 0.05) is 42.4 Å². The molecule has 0 saturated heterocycles. The van der Waals surface area contributed by atoms with Gasteiger partial charge in [-0.25, -0.2) is 0 Å². The van der Waals surface area contributed by atoms with Gasteiger partial charge in [0.1, 0.15) is 11.6 Å². The summed E-state index contributed by atoms with van der Waals surface area (Å²) in [6.07, 6.45) is 1.69.